The number of carbonyl (C=O) groups is 2. The lowest BCUT2D eigenvalue weighted by Gasteiger charge is -2.12. The standard InChI is InChI=1S/C20H17Cl2NO3S/c1-2-26-18-15(21)10-14(11-16(18)22)12-17-19(24)23(20(25)27-17)9-8-13-6-4-3-5-7-13/h3-7,10-12H,2,8-9H2,1H3/b17-12-. The van der Waals surface area contributed by atoms with Crippen molar-refractivity contribution in [1.29, 1.82) is 0 Å². The number of thioether (sulfide) groups is 1. The first-order valence-electron chi connectivity index (χ1n) is 8.40. The first-order valence-corrected chi connectivity index (χ1v) is 9.98. The zero-order valence-electron chi connectivity index (χ0n) is 14.6. The van der Waals surface area contributed by atoms with Crippen LogP contribution in [0.5, 0.6) is 5.75 Å². The molecule has 4 nitrogen and oxygen atoms in total. The summed E-state index contributed by atoms with van der Waals surface area (Å²) in [4.78, 5) is 26.5. The van der Waals surface area contributed by atoms with Crippen LogP contribution in [0.25, 0.3) is 6.08 Å². The molecule has 1 fully saturated rings. The number of imide groups is 1. The lowest BCUT2D eigenvalue weighted by Crippen LogP contribution is -2.30. The smallest absolute Gasteiger partial charge is 0.293 e. The van der Waals surface area contributed by atoms with Crippen molar-refractivity contribution in [3.8, 4) is 5.75 Å². The van der Waals surface area contributed by atoms with Crippen molar-refractivity contribution in [2.75, 3.05) is 13.2 Å². The van der Waals surface area contributed by atoms with E-state index in [0.29, 0.717) is 45.8 Å². The minimum Gasteiger partial charge on any atom is -0.491 e. The minimum atomic E-state index is -0.304. The predicted molar refractivity (Wildman–Crippen MR) is 110 cm³/mol. The fourth-order valence-corrected chi connectivity index (χ4v) is 4.15. The Labute approximate surface area is 172 Å². The number of halogens is 2. The maximum Gasteiger partial charge on any atom is 0.293 e. The summed E-state index contributed by atoms with van der Waals surface area (Å²) >= 11 is 13.3. The van der Waals surface area contributed by atoms with Crippen LogP contribution < -0.4 is 4.74 Å². The van der Waals surface area contributed by atoms with Gasteiger partial charge in [0.1, 0.15) is 0 Å². The van der Waals surface area contributed by atoms with E-state index in [4.69, 9.17) is 27.9 Å². The summed E-state index contributed by atoms with van der Waals surface area (Å²) in [5.41, 5.74) is 1.72. The van der Waals surface area contributed by atoms with Crippen molar-refractivity contribution >= 4 is 52.2 Å². The molecule has 2 aromatic carbocycles. The molecular formula is C20H17Cl2NO3S. The summed E-state index contributed by atoms with van der Waals surface area (Å²) in [7, 11) is 0. The molecule has 0 bridgehead atoms. The number of carbonyl (C=O) groups excluding carboxylic acids is 2. The third kappa shape index (κ3) is 4.67. The summed E-state index contributed by atoms with van der Waals surface area (Å²) in [5.74, 6) is 0.107. The first kappa shape index (κ1) is 19.8. The van der Waals surface area contributed by atoms with Gasteiger partial charge in [0.15, 0.2) is 5.75 Å². The Morgan fingerprint density at radius 3 is 2.41 bits per heavy atom. The topological polar surface area (TPSA) is 46.6 Å². The highest BCUT2D eigenvalue weighted by Crippen LogP contribution is 2.37. The van der Waals surface area contributed by atoms with Crippen LogP contribution >= 0.6 is 35.0 Å². The Morgan fingerprint density at radius 2 is 1.78 bits per heavy atom. The second-order valence-electron chi connectivity index (χ2n) is 5.82. The van der Waals surface area contributed by atoms with E-state index in [-0.39, 0.29) is 11.1 Å². The quantitative estimate of drug-likeness (QED) is 0.563. The van der Waals surface area contributed by atoms with E-state index >= 15 is 0 Å². The van der Waals surface area contributed by atoms with E-state index in [1.807, 2.05) is 37.3 Å². The van der Waals surface area contributed by atoms with Gasteiger partial charge in [0.05, 0.1) is 21.6 Å². The Bertz CT molecular complexity index is 876. The fourth-order valence-electron chi connectivity index (χ4n) is 2.67. The summed E-state index contributed by atoms with van der Waals surface area (Å²) in [6.07, 6.45) is 2.24. The number of rotatable bonds is 6. The maximum absolute atomic E-state index is 12.6. The van der Waals surface area contributed by atoms with Crippen LogP contribution in [0, 0.1) is 0 Å². The second kappa shape index (κ2) is 8.83. The molecule has 1 aliphatic rings. The van der Waals surface area contributed by atoms with Gasteiger partial charge in [0.25, 0.3) is 11.1 Å². The number of ether oxygens (including phenoxy) is 1. The Morgan fingerprint density at radius 1 is 1.11 bits per heavy atom. The van der Waals surface area contributed by atoms with E-state index in [1.165, 1.54) is 4.90 Å². The van der Waals surface area contributed by atoms with Crippen molar-refractivity contribution in [2.45, 2.75) is 13.3 Å². The van der Waals surface area contributed by atoms with E-state index < -0.39 is 0 Å². The molecule has 3 rings (SSSR count). The van der Waals surface area contributed by atoms with Crippen LogP contribution in [0.1, 0.15) is 18.1 Å². The highest BCUT2D eigenvalue weighted by molar-refractivity contribution is 8.18. The van der Waals surface area contributed by atoms with Crippen LogP contribution in [0.15, 0.2) is 47.4 Å². The molecule has 27 heavy (non-hydrogen) atoms. The lowest BCUT2D eigenvalue weighted by atomic mass is 10.1. The molecule has 1 aliphatic heterocycles. The van der Waals surface area contributed by atoms with Crippen molar-refractivity contribution in [2.24, 2.45) is 0 Å². The van der Waals surface area contributed by atoms with Gasteiger partial charge in [-0.1, -0.05) is 53.5 Å². The van der Waals surface area contributed by atoms with Crippen LogP contribution in [0.4, 0.5) is 4.79 Å². The van der Waals surface area contributed by atoms with Gasteiger partial charge in [-0.25, -0.2) is 0 Å². The second-order valence-corrected chi connectivity index (χ2v) is 7.62. The van der Waals surface area contributed by atoms with Crippen molar-refractivity contribution < 1.29 is 14.3 Å². The van der Waals surface area contributed by atoms with Gasteiger partial charge in [0.2, 0.25) is 0 Å². The van der Waals surface area contributed by atoms with Crippen LogP contribution in [0.3, 0.4) is 0 Å². The van der Waals surface area contributed by atoms with Gasteiger partial charge >= 0.3 is 0 Å². The Balaban J connectivity index is 1.76. The zero-order valence-corrected chi connectivity index (χ0v) is 16.9. The molecule has 0 aromatic heterocycles. The third-order valence-corrected chi connectivity index (χ3v) is 5.42. The Hall–Kier alpha value is -1.95. The van der Waals surface area contributed by atoms with Gasteiger partial charge in [0, 0.05) is 6.54 Å². The van der Waals surface area contributed by atoms with Crippen molar-refractivity contribution in [3.63, 3.8) is 0 Å². The molecular weight excluding hydrogens is 405 g/mol. The fraction of sp³-hybridized carbons (Fsp3) is 0.200. The summed E-state index contributed by atoms with van der Waals surface area (Å²) < 4.78 is 5.40. The molecule has 1 heterocycles. The van der Waals surface area contributed by atoms with Gasteiger partial charge < -0.3 is 4.74 Å². The summed E-state index contributed by atoms with van der Waals surface area (Å²) in [5, 5.41) is 0.447. The van der Waals surface area contributed by atoms with Gasteiger partial charge in [-0.15, -0.1) is 0 Å². The molecule has 7 heteroatoms. The normalized spacial score (nSPS) is 15.7. The summed E-state index contributed by atoms with van der Waals surface area (Å²) in [6.45, 7) is 2.63. The van der Waals surface area contributed by atoms with Crippen LogP contribution in [0.2, 0.25) is 10.0 Å². The van der Waals surface area contributed by atoms with Gasteiger partial charge in [-0.2, -0.15) is 0 Å². The molecule has 0 saturated carbocycles. The van der Waals surface area contributed by atoms with E-state index in [2.05, 4.69) is 0 Å². The zero-order chi connectivity index (χ0) is 19.4. The number of hydrogen-bond acceptors (Lipinski definition) is 4. The molecule has 0 spiro atoms. The average molecular weight is 422 g/mol. The number of nitrogens with zero attached hydrogens (tertiary/aromatic N) is 1. The van der Waals surface area contributed by atoms with Crippen molar-refractivity contribution in [1.82, 2.24) is 4.90 Å². The molecule has 0 radical (unpaired) electrons. The predicted octanol–water partition coefficient (Wildman–Crippen LogP) is 5.67. The highest BCUT2D eigenvalue weighted by Gasteiger charge is 2.34. The van der Waals surface area contributed by atoms with Crippen LogP contribution in [-0.2, 0) is 11.2 Å². The summed E-state index contributed by atoms with van der Waals surface area (Å²) in [6, 6.07) is 13.1. The minimum absolute atomic E-state index is 0.273. The highest BCUT2D eigenvalue weighted by atomic mass is 35.5. The molecule has 0 N–H and O–H groups in total. The molecule has 0 aliphatic carbocycles. The molecule has 1 saturated heterocycles. The van der Waals surface area contributed by atoms with E-state index in [1.54, 1.807) is 18.2 Å². The van der Waals surface area contributed by atoms with Crippen molar-refractivity contribution in [3.05, 3.63) is 68.5 Å². The molecule has 0 unspecified atom stereocenters. The van der Waals surface area contributed by atoms with E-state index in [9.17, 15) is 9.59 Å². The third-order valence-electron chi connectivity index (χ3n) is 3.95. The van der Waals surface area contributed by atoms with Gasteiger partial charge in [-0.3, -0.25) is 14.5 Å². The Kier molecular flexibility index (Phi) is 6.47. The number of hydrogen-bond donors (Lipinski definition) is 0. The number of amides is 2. The SMILES string of the molecule is CCOc1c(Cl)cc(/C=C2\SC(=O)N(CCc3ccccc3)C2=O)cc1Cl. The maximum atomic E-state index is 12.6. The lowest BCUT2D eigenvalue weighted by molar-refractivity contribution is -0.122. The average Bonchev–Trinajstić information content (AvgIpc) is 2.90. The molecule has 140 valence electrons. The monoisotopic (exact) mass is 421 g/mol. The first-order chi connectivity index (χ1) is 13.0. The number of benzene rings is 2. The molecule has 2 amide bonds. The molecule has 0 atom stereocenters. The largest absolute Gasteiger partial charge is 0.491 e. The van der Waals surface area contributed by atoms with Gasteiger partial charge in [-0.05, 0) is 54.4 Å². The van der Waals surface area contributed by atoms with Crippen LogP contribution in [-0.4, -0.2) is 29.2 Å². The molecule has 2 aromatic rings. The van der Waals surface area contributed by atoms with E-state index in [0.717, 1.165) is 17.3 Å².